The molecule has 7 nitrogen and oxygen atoms in total. The van der Waals surface area contributed by atoms with Crippen molar-refractivity contribution in [3.63, 3.8) is 0 Å². The molecule has 2 amide bonds. The zero-order valence-corrected chi connectivity index (χ0v) is 17.4. The van der Waals surface area contributed by atoms with Crippen LogP contribution in [0.5, 0.6) is 0 Å². The lowest BCUT2D eigenvalue weighted by Gasteiger charge is -2.14. The van der Waals surface area contributed by atoms with Crippen LogP contribution in [-0.4, -0.2) is 27.1 Å². The van der Waals surface area contributed by atoms with Gasteiger partial charge in [-0.2, -0.15) is 0 Å². The number of fused-ring (bicyclic) bond motifs is 1. The third kappa shape index (κ3) is 4.52. The Labute approximate surface area is 186 Å². The zero-order chi connectivity index (χ0) is 22.5. The number of carbonyl (C=O) groups excluding carboxylic acids is 2. The van der Waals surface area contributed by atoms with E-state index in [2.05, 4.69) is 15.8 Å². The fourth-order valence-corrected chi connectivity index (χ4v) is 3.81. The number of hydrogen-bond donors (Lipinski definition) is 2. The first-order valence-corrected chi connectivity index (χ1v) is 10.6. The summed E-state index contributed by atoms with van der Waals surface area (Å²) in [6.07, 6.45) is 0. The Balaban J connectivity index is 1.56. The van der Waals surface area contributed by atoms with E-state index in [0.717, 1.165) is 16.3 Å². The van der Waals surface area contributed by atoms with E-state index in [-0.39, 0.29) is 16.6 Å². The smallest absolute Gasteiger partial charge is 0.269 e. The Hall–Kier alpha value is -3.98. The van der Waals surface area contributed by atoms with E-state index in [1.165, 1.54) is 18.2 Å². The van der Waals surface area contributed by atoms with Crippen LogP contribution < -0.4 is 16.4 Å². The Morgan fingerprint density at radius 1 is 0.906 bits per heavy atom. The molecule has 0 fully saturated rings. The lowest BCUT2D eigenvalue weighted by Crippen LogP contribution is -2.42. The van der Waals surface area contributed by atoms with Gasteiger partial charge in [0.2, 0.25) is 5.91 Å². The molecule has 0 saturated heterocycles. The van der Waals surface area contributed by atoms with Crippen molar-refractivity contribution < 1.29 is 14.0 Å². The van der Waals surface area contributed by atoms with Gasteiger partial charge in [-0.3, -0.25) is 29.8 Å². The van der Waals surface area contributed by atoms with Gasteiger partial charge >= 0.3 is 0 Å². The molecule has 1 aromatic heterocycles. The number of rotatable bonds is 5. The number of para-hydroxylation sites is 2. The Bertz CT molecular complexity index is 1360. The number of amides is 2. The highest BCUT2D eigenvalue weighted by Gasteiger charge is 2.17. The van der Waals surface area contributed by atoms with Crippen molar-refractivity contribution >= 4 is 34.5 Å². The summed E-state index contributed by atoms with van der Waals surface area (Å²) < 4.78 is 15.6. The van der Waals surface area contributed by atoms with E-state index in [1.807, 2.05) is 0 Å². The molecule has 0 aliphatic rings. The highest BCUT2D eigenvalue weighted by atomic mass is 32.2. The molecule has 0 saturated carbocycles. The molecule has 3 aromatic carbocycles. The average Bonchev–Trinajstić information content (AvgIpc) is 2.82. The molecule has 32 heavy (non-hydrogen) atoms. The summed E-state index contributed by atoms with van der Waals surface area (Å²) in [5, 5.41) is 0.489. The second-order valence-corrected chi connectivity index (χ2v) is 7.60. The lowest BCUT2D eigenvalue weighted by molar-refractivity contribution is -0.119. The zero-order valence-electron chi connectivity index (χ0n) is 16.6. The first-order chi connectivity index (χ1) is 15.5. The largest absolute Gasteiger partial charge is 0.272 e. The number of nitrogens with one attached hydrogen (secondary N) is 2. The molecule has 4 aromatic rings. The van der Waals surface area contributed by atoms with Gasteiger partial charge in [-0.1, -0.05) is 54.2 Å². The van der Waals surface area contributed by atoms with Crippen LogP contribution in [0.3, 0.4) is 0 Å². The number of thioether (sulfide) groups is 1. The quantitative estimate of drug-likeness (QED) is 0.278. The third-order valence-electron chi connectivity index (χ3n) is 4.52. The number of aromatic nitrogens is 2. The van der Waals surface area contributed by atoms with E-state index < -0.39 is 23.2 Å². The van der Waals surface area contributed by atoms with Crippen molar-refractivity contribution in [2.24, 2.45) is 0 Å². The molecule has 0 spiro atoms. The molecule has 2 N–H and O–H groups in total. The highest BCUT2D eigenvalue weighted by Crippen LogP contribution is 2.22. The van der Waals surface area contributed by atoms with Gasteiger partial charge in [-0.25, -0.2) is 9.37 Å². The number of hydrogen-bond acceptors (Lipinski definition) is 5. The van der Waals surface area contributed by atoms with E-state index in [4.69, 9.17) is 0 Å². The van der Waals surface area contributed by atoms with Crippen LogP contribution in [0.2, 0.25) is 0 Å². The van der Waals surface area contributed by atoms with E-state index in [0.29, 0.717) is 16.5 Å². The first-order valence-electron chi connectivity index (χ1n) is 9.58. The molecule has 0 bridgehead atoms. The van der Waals surface area contributed by atoms with E-state index in [1.54, 1.807) is 60.7 Å². The second-order valence-electron chi connectivity index (χ2n) is 6.66. The standard InChI is InChI=1S/C23H17FN4O3S/c24-17-11-5-7-13-19(17)28-22(31)16-10-4-6-12-18(16)25-23(28)32-14-20(29)26-27-21(30)15-8-2-1-3-9-15/h1-13H,14H2,(H,26,29)(H,27,30). The summed E-state index contributed by atoms with van der Waals surface area (Å²) in [5.41, 5.74) is 5.08. The van der Waals surface area contributed by atoms with Crippen LogP contribution in [0.25, 0.3) is 16.6 Å². The SMILES string of the molecule is O=C(CSc1nc2ccccc2c(=O)n1-c1ccccc1F)NNC(=O)c1ccccc1. The van der Waals surface area contributed by atoms with Crippen LogP contribution in [0.1, 0.15) is 10.4 Å². The van der Waals surface area contributed by atoms with E-state index >= 15 is 0 Å². The number of halogens is 1. The van der Waals surface area contributed by atoms with Gasteiger partial charge in [0.05, 0.1) is 22.3 Å². The highest BCUT2D eigenvalue weighted by molar-refractivity contribution is 7.99. The predicted molar refractivity (Wildman–Crippen MR) is 120 cm³/mol. The van der Waals surface area contributed by atoms with Crippen molar-refractivity contribution in [3.05, 3.63) is 101 Å². The summed E-state index contributed by atoms with van der Waals surface area (Å²) in [6, 6.07) is 21.0. The van der Waals surface area contributed by atoms with E-state index in [9.17, 15) is 18.8 Å². The van der Waals surface area contributed by atoms with Crippen molar-refractivity contribution in [3.8, 4) is 5.69 Å². The van der Waals surface area contributed by atoms with Crippen molar-refractivity contribution in [2.75, 3.05) is 5.75 Å². The summed E-state index contributed by atoms with van der Waals surface area (Å²) in [7, 11) is 0. The van der Waals surface area contributed by atoms with Gasteiger partial charge in [0.15, 0.2) is 5.16 Å². The molecule has 4 rings (SSSR count). The fraction of sp³-hybridized carbons (Fsp3) is 0.0435. The van der Waals surface area contributed by atoms with Crippen LogP contribution in [0.4, 0.5) is 4.39 Å². The maximum atomic E-state index is 14.5. The molecular weight excluding hydrogens is 431 g/mol. The summed E-state index contributed by atoms with van der Waals surface area (Å²) >= 11 is 0.957. The topological polar surface area (TPSA) is 93.1 Å². The number of carbonyl (C=O) groups is 2. The molecule has 0 atom stereocenters. The van der Waals surface area contributed by atoms with Crippen LogP contribution >= 0.6 is 11.8 Å². The van der Waals surface area contributed by atoms with Gasteiger partial charge in [-0.15, -0.1) is 0 Å². The minimum absolute atomic E-state index is 0.0380. The molecule has 9 heteroatoms. The fourth-order valence-electron chi connectivity index (χ4n) is 3.01. The minimum Gasteiger partial charge on any atom is -0.272 e. The molecule has 0 radical (unpaired) electrons. The lowest BCUT2D eigenvalue weighted by atomic mass is 10.2. The third-order valence-corrected chi connectivity index (χ3v) is 5.46. The van der Waals surface area contributed by atoms with Gasteiger partial charge in [-0.05, 0) is 36.4 Å². The maximum absolute atomic E-state index is 14.5. The van der Waals surface area contributed by atoms with Crippen LogP contribution in [0.15, 0.2) is 88.8 Å². The average molecular weight is 448 g/mol. The summed E-state index contributed by atoms with van der Waals surface area (Å²) in [6.45, 7) is 0. The van der Waals surface area contributed by atoms with Crippen LogP contribution in [-0.2, 0) is 4.79 Å². The van der Waals surface area contributed by atoms with Gasteiger partial charge in [0.1, 0.15) is 5.82 Å². The molecule has 0 aliphatic carbocycles. The Morgan fingerprint density at radius 3 is 2.38 bits per heavy atom. The van der Waals surface area contributed by atoms with Crippen molar-refractivity contribution in [1.82, 2.24) is 20.4 Å². The number of nitrogens with zero attached hydrogens (tertiary/aromatic N) is 2. The van der Waals surface area contributed by atoms with Crippen molar-refractivity contribution in [1.29, 1.82) is 0 Å². The van der Waals surface area contributed by atoms with Gasteiger partial charge in [0.25, 0.3) is 11.5 Å². The Morgan fingerprint density at radius 2 is 1.59 bits per heavy atom. The van der Waals surface area contributed by atoms with Crippen LogP contribution in [0, 0.1) is 5.82 Å². The summed E-state index contributed by atoms with van der Waals surface area (Å²) in [5.74, 6) is -1.72. The predicted octanol–water partition coefficient (Wildman–Crippen LogP) is 3.08. The number of hydrazine groups is 1. The normalized spacial score (nSPS) is 10.7. The van der Waals surface area contributed by atoms with Crippen molar-refractivity contribution in [2.45, 2.75) is 5.16 Å². The number of benzene rings is 3. The molecule has 0 unspecified atom stereocenters. The minimum atomic E-state index is -0.590. The molecular formula is C23H17FN4O3S. The molecule has 0 aliphatic heterocycles. The molecule has 160 valence electrons. The maximum Gasteiger partial charge on any atom is 0.269 e. The van der Waals surface area contributed by atoms with Gasteiger partial charge < -0.3 is 0 Å². The second kappa shape index (κ2) is 9.44. The Kier molecular flexibility index (Phi) is 6.27. The first kappa shape index (κ1) is 21.3. The molecule has 1 heterocycles. The monoisotopic (exact) mass is 448 g/mol. The summed E-state index contributed by atoms with van der Waals surface area (Å²) in [4.78, 5) is 41.9. The van der Waals surface area contributed by atoms with Gasteiger partial charge in [0, 0.05) is 5.56 Å².